The molecule has 2 aromatic carbocycles. The van der Waals surface area contributed by atoms with E-state index < -0.39 is 10.0 Å². The maximum atomic E-state index is 13.3. The quantitative estimate of drug-likeness (QED) is 0.565. The van der Waals surface area contributed by atoms with Gasteiger partial charge >= 0.3 is 4.87 Å². The van der Waals surface area contributed by atoms with Crippen LogP contribution in [0.15, 0.2) is 46.1 Å². The van der Waals surface area contributed by atoms with Crippen molar-refractivity contribution in [2.24, 2.45) is 5.92 Å². The van der Waals surface area contributed by atoms with E-state index in [-0.39, 0.29) is 40.5 Å². The van der Waals surface area contributed by atoms with Gasteiger partial charge in [0.2, 0.25) is 15.9 Å². The summed E-state index contributed by atoms with van der Waals surface area (Å²) in [6.07, 6.45) is 1.61. The molecular weight excluding hydrogens is 465 g/mol. The van der Waals surface area contributed by atoms with Gasteiger partial charge in [-0.15, -0.1) is 0 Å². The summed E-state index contributed by atoms with van der Waals surface area (Å²) in [5.41, 5.74) is 1.94. The van der Waals surface area contributed by atoms with E-state index in [9.17, 15) is 22.4 Å². The molecule has 0 spiro atoms. The van der Waals surface area contributed by atoms with E-state index in [1.807, 2.05) is 6.92 Å². The number of carbonyl (C=O) groups excluding carboxylic acids is 1. The predicted molar refractivity (Wildman–Crippen MR) is 128 cm³/mol. The number of aryl methyl sites for hydroxylation is 2. The van der Waals surface area contributed by atoms with Crippen LogP contribution in [0.5, 0.6) is 0 Å². The average Bonchev–Trinajstić information content (AvgIpc) is 3.10. The van der Waals surface area contributed by atoms with Crippen LogP contribution in [0.3, 0.4) is 0 Å². The van der Waals surface area contributed by atoms with Crippen molar-refractivity contribution in [2.45, 2.75) is 44.6 Å². The van der Waals surface area contributed by atoms with Crippen LogP contribution in [0.25, 0.3) is 10.2 Å². The van der Waals surface area contributed by atoms with Crippen LogP contribution in [-0.2, 0) is 21.4 Å². The van der Waals surface area contributed by atoms with Crippen molar-refractivity contribution < 1.29 is 17.6 Å². The number of hydrogen-bond acceptors (Lipinski definition) is 5. The van der Waals surface area contributed by atoms with Gasteiger partial charge in [-0.05, 0) is 68.1 Å². The lowest BCUT2D eigenvalue weighted by atomic mass is 9.97. The van der Waals surface area contributed by atoms with Crippen LogP contribution in [0.4, 0.5) is 10.1 Å². The Balaban J connectivity index is 1.45. The molecule has 0 saturated carbocycles. The van der Waals surface area contributed by atoms with E-state index in [2.05, 4.69) is 5.32 Å². The monoisotopic (exact) mass is 491 g/mol. The molecule has 1 N–H and O–H groups in total. The topological polar surface area (TPSA) is 88.5 Å². The molecule has 1 fully saturated rings. The zero-order valence-corrected chi connectivity index (χ0v) is 20.1. The summed E-state index contributed by atoms with van der Waals surface area (Å²) < 4.78 is 43.4. The molecule has 10 heteroatoms. The molecule has 7 nitrogen and oxygen atoms in total. The molecule has 1 aliphatic rings. The van der Waals surface area contributed by atoms with E-state index in [1.165, 1.54) is 22.5 Å². The van der Waals surface area contributed by atoms with Crippen LogP contribution < -0.4 is 10.2 Å². The minimum absolute atomic E-state index is 0.0929. The summed E-state index contributed by atoms with van der Waals surface area (Å²) in [4.78, 5) is 25.0. The minimum atomic E-state index is -3.73. The number of thiazole rings is 1. The molecule has 176 valence electrons. The lowest BCUT2D eigenvalue weighted by Gasteiger charge is -2.30. The van der Waals surface area contributed by atoms with Crippen molar-refractivity contribution in [3.05, 3.63) is 57.4 Å². The van der Waals surface area contributed by atoms with Gasteiger partial charge in [-0.3, -0.25) is 14.2 Å². The summed E-state index contributed by atoms with van der Waals surface area (Å²) in [6.45, 7) is 4.76. The first-order chi connectivity index (χ1) is 15.7. The molecule has 0 aliphatic carbocycles. The highest BCUT2D eigenvalue weighted by molar-refractivity contribution is 7.89. The number of hydrogen-bond donors (Lipinski definition) is 1. The van der Waals surface area contributed by atoms with Crippen LogP contribution in [-0.4, -0.2) is 36.3 Å². The molecule has 4 rings (SSSR count). The van der Waals surface area contributed by atoms with E-state index in [0.717, 1.165) is 23.3 Å². The van der Waals surface area contributed by atoms with Gasteiger partial charge in [-0.1, -0.05) is 18.3 Å². The first-order valence-corrected chi connectivity index (χ1v) is 13.2. The van der Waals surface area contributed by atoms with Crippen molar-refractivity contribution in [2.75, 3.05) is 18.4 Å². The lowest BCUT2D eigenvalue weighted by Crippen LogP contribution is -2.41. The van der Waals surface area contributed by atoms with Crippen molar-refractivity contribution in [3.63, 3.8) is 0 Å². The molecule has 1 amide bonds. The third-order valence-electron chi connectivity index (χ3n) is 6.00. The summed E-state index contributed by atoms with van der Waals surface area (Å²) >= 11 is 1.05. The second kappa shape index (κ2) is 9.36. The Kier molecular flexibility index (Phi) is 6.69. The number of nitrogens with one attached hydrogen (secondary N) is 1. The maximum absolute atomic E-state index is 13.3. The second-order valence-electron chi connectivity index (χ2n) is 8.28. The molecule has 0 radical (unpaired) electrons. The summed E-state index contributed by atoms with van der Waals surface area (Å²) in [7, 11) is -3.73. The predicted octanol–water partition coefficient (Wildman–Crippen LogP) is 3.96. The highest BCUT2D eigenvalue weighted by Crippen LogP contribution is 2.28. The third kappa shape index (κ3) is 4.73. The zero-order chi connectivity index (χ0) is 23.8. The number of rotatable bonds is 6. The number of aromatic nitrogens is 1. The maximum Gasteiger partial charge on any atom is 0.308 e. The van der Waals surface area contributed by atoms with Crippen molar-refractivity contribution >= 4 is 43.2 Å². The van der Waals surface area contributed by atoms with Gasteiger partial charge in [-0.2, -0.15) is 4.31 Å². The lowest BCUT2D eigenvalue weighted by molar-refractivity contribution is -0.120. The molecule has 1 aromatic heterocycles. The summed E-state index contributed by atoms with van der Waals surface area (Å²) in [5, 5.41) is 2.83. The van der Waals surface area contributed by atoms with Gasteiger partial charge < -0.3 is 5.32 Å². The van der Waals surface area contributed by atoms with Gasteiger partial charge in [0, 0.05) is 31.2 Å². The Bertz CT molecular complexity index is 1360. The molecule has 33 heavy (non-hydrogen) atoms. The molecule has 3 aromatic rings. The molecular formula is C23H26FN3O4S2. The smallest absolute Gasteiger partial charge is 0.308 e. The van der Waals surface area contributed by atoms with Crippen LogP contribution in [0, 0.1) is 18.7 Å². The number of sulfonamides is 1. The number of amides is 1. The standard InChI is InChI=1S/C23H26FN3O4S2/c1-3-10-27-20-7-5-18(14-21(20)32-23(27)29)33(30,31)26-11-8-16(9-12-26)22(28)25-19-6-4-17(24)13-15(19)2/h4-7,13-14,16H,3,8-12H2,1-2H3,(H,25,28). The fourth-order valence-electron chi connectivity index (χ4n) is 4.15. The minimum Gasteiger partial charge on any atom is -0.326 e. The normalized spacial score (nSPS) is 15.7. The van der Waals surface area contributed by atoms with Crippen molar-refractivity contribution in [1.82, 2.24) is 8.87 Å². The number of piperidine rings is 1. The molecule has 0 atom stereocenters. The molecule has 0 bridgehead atoms. The van der Waals surface area contributed by atoms with Gasteiger partial charge in [-0.25, -0.2) is 12.8 Å². The average molecular weight is 492 g/mol. The van der Waals surface area contributed by atoms with Crippen LogP contribution in [0.1, 0.15) is 31.7 Å². The van der Waals surface area contributed by atoms with Crippen molar-refractivity contribution in [1.29, 1.82) is 0 Å². The van der Waals surface area contributed by atoms with Gasteiger partial charge in [0.15, 0.2) is 0 Å². The first-order valence-electron chi connectivity index (χ1n) is 10.9. The highest BCUT2D eigenvalue weighted by atomic mass is 32.2. The first kappa shape index (κ1) is 23.6. The molecule has 1 saturated heterocycles. The number of benzene rings is 2. The van der Waals surface area contributed by atoms with Gasteiger partial charge in [0.1, 0.15) is 5.82 Å². The molecule has 1 aliphatic heterocycles. The Morgan fingerprint density at radius 2 is 1.91 bits per heavy atom. The fourth-order valence-corrected chi connectivity index (χ4v) is 6.68. The van der Waals surface area contributed by atoms with Crippen LogP contribution >= 0.6 is 11.3 Å². The van der Waals surface area contributed by atoms with E-state index in [4.69, 9.17) is 0 Å². The second-order valence-corrected chi connectivity index (χ2v) is 11.2. The Morgan fingerprint density at radius 3 is 2.58 bits per heavy atom. The summed E-state index contributed by atoms with van der Waals surface area (Å²) in [6, 6.07) is 8.99. The number of fused-ring (bicyclic) bond motifs is 1. The largest absolute Gasteiger partial charge is 0.326 e. The summed E-state index contributed by atoms with van der Waals surface area (Å²) in [5.74, 6) is -0.877. The SMILES string of the molecule is CCCn1c(=O)sc2cc(S(=O)(=O)N3CCC(C(=O)Nc4ccc(F)cc4C)CC3)ccc21. The number of anilines is 1. The van der Waals surface area contributed by atoms with Gasteiger partial charge in [0.05, 0.1) is 15.1 Å². The van der Waals surface area contributed by atoms with E-state index >= 15 is 0 Å². The number of nitrogens with zero attached hydrogens (tertiary/aromatic N) is 2. The van der Waals surface area contributed by atoms with E-state index in [1.54, 1.807) is 29.7 Å². The van der Waals surface area contributed by atoms with Crippen LogP contribution in [0.2, 0.25) is 0 Å². The third-order valence-corrected chi connectivity index (χ3v) is 8.83. The number of halogens is 1. The van der Waals surface area contributed by atoms with Gasteiger partial charge in [0.25, 0.3) is 0 Å². The Labute approximate surface area is 195 Å². The zero-order valence-electron chi connectivity index (χ0n) is 18.5. The Morgan fingerprint density at radius 1 is 1.18 bits per heavy atom. The fraction of sp³-hybridized carbons (Fsp3) is 0.391. The van der Waals surface area contributed by atoms with Crippen molar-refractivity contribution in [3.8, 4) is 0 Å². The molecule has 2 heterocycles. The van der Waals surface area contributed by atoms with E-state index in [0.29, 0.717) is 35.3 Å². The highest BCUT2D eigenvalue weighted by Gasteiger charge is 2.32. The Hall–Kier alpha value is -2.56. The number of carbonyl (C=O) groups is 1. The molecule has 0 unspecified atom stereocenters.